The van der Waals surface area contributed by atoms with Crippen molar-refractivity contribution in [3.05, 3.63) is 52.7 Å². The molecule has 2 amide bonds. The van der Waals surface area contributed by atoms with Gasteiger partial charge >= 0.3 is 0 Å². The monoisotopic (exact) mass is 452 g/mol. The van der Waals surface area contributed by atoms with Crippen LogP contribution in [0.3, 0.4) is 0 Å². The molecule has 0 spiro atoms. The van der Waals surface area contributed by atoms with Crippen LogP contribution in [0.5, 0.6) is 0 Å². The van der Waals surface area contributed by atoms with Crippen molar-refractivity contribution in [2.45, 2.75) is 57.9 Å². The Labute approximate surface area is 190 Å². The summed E-state index contributed by atoms with van der Waals surface area (Å²) in [6.07, 6.45) is 9.21. The van der Waals surface area contributed by atoms with E-state index in [0.29, 0.717) is 21.9 Å². The maximum Gasteiger partial charge on any atom is 0.257 e. The first-order chi connectivity index (χ1) is 15.3. The second-order valence-electron chi connectivity index (χ2n) is 9.16. The Morgan fingerprint density at radius 3 is 2.50 bits per heavy atom. The number of hydrogen-bond acceptors (Lipinski definition) is 5. The summed E-state index contributed by atoms with van der Waals surface area (Å²) in [6, 6.07) is 3.60. The number of aromatic nitrogens is 4. The van der Waals surface area contributed by atoms with Gasteiger partial charge in [-0.15, -0.1) is 0 Å². The summed E-state index contributed by atoms with van der Waals surface area (Å²) in [5.74, 6) is -0.164. The Bertz CT molecular complexity index is 1210. The highest BCUT2D eigenvalue weighted by molar-refractivity contribution is 6.33. The Morgan fingerprint density at radius 2 is 1.81 bits per heavy atom. The molecule has 3 aromatic heterocycles. The van der Waals surface area contributed by atoms with Gasteiger partial charge in [-0.2, -0.15) is 5.10 Å². The first-order valence-electron chi connectivity index (χ1n) is 10.9. The van der Waals surface area contributed by atoms with E-state index in [0.717, 1.165) is 49.9 Å². The zero-order chi connectivity index (χ0) is 22.5. The van der Waals surface area contributed by atoms with Crippen molar-refractivity contribution in [2.24, 2.45) is 5.41 Å². The lowest BCUT2D eigenvalue weighted by Crippen LogP contribution is -2.59. The number of amides is 2. The van der Waals surface area contributed by atoms with Gasteiger partial charge in [0.15, 0.2) is 5.65 Å². The summed E-state index contributed by atoms with van der Waals surface area (Å²) in [6.45, 7) is 3.85. The third kappa shape index (κ3) is 3.43. The van der Waals surface area contributed by atoms with E-state index in [4.69, 9.17) is 11.6 Å². The lowest BCUT2D eigenvalue weighted by molar-refractivity contribution is -0.132. The van der Waals surface area contributed by atoms with E-state index in [-0.39, 0.29) is 17.4 Å². The molecule has 3 aliphatic rings. The fourth-order valence-electron chi connectivity index (χ4n) is 5.18. The molecule has 0 unspecified atom stereocenters. The van der Waals surface area contributed by atoms with Crippen LogP contribution < -0.4 is 10.6 Å². The SMILES string of the molecule is Cc1cc(C)n2ncc(C(=O)NC34CCC(C(=O)Nc5cnccc5Cl)(CC3)CC4)c2n1. The number of carbonyl (C=O) groups is 2. The van der Waals surface area contributed by atoms with Crippen molar-refractivity contribution in [3.63, 3.8) is 0 Å². The molecule has 3 saturated carbocycles. The second kappa shape index (κ2) is 7.55. The van der Waals surface area contributed by atoms with Gasteiger partial charge in [0.1, 0.15) is 5.56 Å². The first kappa shape index (κ1) is 20.9. The molecule has 0 aliphatic heterocycles. The number of nitrogens with one attached hydrogen (secondary N) is 2. The summed E-state index contributed by atoms with van der Waals surface area (Å²) >= 11 is 6.18. The van der Waals surface area contributed by atoms with Crippen LogP contribution in [0.15, 0.2) is 30.7 Å². The Hall–Kier alpha value is -3.00. The lowest BCUT2D eigenvalue weighted by atomic mass is 9.57. The summed E-state index contributed by atoms with van der Waals surface area (Å²) < 4.78 is 1.69. The summed E-state index contributed by atoms with van der Waals surface area (Å²) in [4.78, 5) is 34.9. The number of anilines is 1. The third-order valence-corrected chi connectivity index (χ3v) is 7.47. The van der Waals surface area contributed by atoms with Crippen molar-refractivity contribution < 1.29 is 9.59 Å². The zero-order valence-electron chi connectivity index (χ0n) is 18.1. The molecule has 0 radical (unpaired) electrons. The molecule has 2 N–H and O–H groups in total. The number of carbonyl (C=O) groups excluding carboxylic acids is 2. The van der Waals surface area contributed by atoms with E-state index in [1.165, 1.54) is 0 Å². The number of pyridine rings is 1. The third-order valence-electron chi connectivity index (χ3n) is 7.15. The average molecular weight is 453 g/mol. The number of rotatable bonds is 4. The summed E-state index contributed by atoms with van der Waals surface area (Å²) in [5, 5.41) is 11.1. The molecular formula is C23H25ClN6O2. The number of fused-ring (bicyclic) bond motifs is 4. The molecule has 0 saturated heterocycles. The van der Waals surface area contributed by atoms with Crippen LogP contribution in [0, 0.1) is 19.3 Å². The molecule has 9 heteroatoms. The normalized spacial score (nSPS) is 24.5. The van der Waals surface area contributed by atoms with Crippen LogP contribution in [0.1, 0.15) is 60.3 Å². The van der Waals surface area contributed by atoms with E-state index in [9.17, 15) is 9.59 Å². The second-order valence-corrected chi connectivity index (χ2v) is 9.56. The number of aryl methyl sites for hydroxylation is 2. The molecule has 3 aliphatic carbocycles. The van der Waals surface area contributed by atoms with Gasteiger partial charge < -0.3 is 10.6 Å². The summed E-state index contributed by atoms with van der Waals surface area (Å²) in [5.41, 5.74) is 2.66. The van der Waals surface area contributed by atoms with E-state index in [1.54, 1.807) is 29.2 Å². The largest absolute Gasteiger partial charge is 0.346 e. The van der Waals surface area contributed by atoms with Crippen LogP contribution in [0.25, 0.3) is 5.65 Å². The molecule has 0 aromatic carbocycles. The van der Waals surface area contributed by atoms with Gasteiger partial charge in [-0.25, -0.2) is 9.50 Å². The molecule has 6 rings (SSSR count). The quantitative estimate of drug-likeness (QED) is 0.626. The minimum Gasteiger partial charge on any atom is -0.346 e. The Morgan fingerprint density at radius 1 is 1.09 bits per heavy atom. The van der Waals surface area contributed by atoms with Crippen LogP contribution in [0.4, 0.5) is 5.69 Å². The zero-order valence-corrected chi connectivity index (χ0v) is 18.9. The molecule has 3 heterocycles. The van der Waals surface area contributed by atoms with Gasteiger partial charge in [0.05, 0.1) is 23.1 Å². The highest BCUT2D eigenvalue weighted by atomic mass is 35.5. The molecule has 3 fully saturated rings. The van der Waals surface area contributed by atoms with Gasteiger partial charge in [-0.1, -0.05) is 11.6 Å². The summed E-state index contributed by atoms with van der Waals surface area (Å²) in [7, 11) is 0. The Balaban J connectivity index is 1.30. The number of nitrogens with zero attached hydrogens (tertiary/aromatic N) is 4. The van der Waals surface area contributed by atoms with Gasteiger partial charge in [0.2, 0.25) is 5.91 Å². The highest BCUT2D eigenvalue weighted by Crippen LogP contribution is 2.53. The minimum atomic E-state index is -0.425. The molecule has 8 nitrogen and oxygen atoms in total. The van der Waals surface area contributed by atoms with Gasteiger partial charge in [-0.05, 0) is 64.5 Å². The topological polar surface area (TPSA) is 101 Å². The standard InChI is InChI=1S/C23H25ClN6O2/c1-14-11-15(2)30-19(27-14)16(12-26-30)20(31)29-23-7-4-22(5-8-23,6-9-23)21(32)28-18-13-25-10-3-17(18)24/h3,10-13H,4-9H2,1-2H3,(H,28,32)(H,29,31). The molecule has 166 valence electrons. The first-order valence-corrected chi connectivity index (χ1v) is 11.2. The molecule has 2 bridgehead atoms. The molecule has 32 heavy (non-hydrogen) atoms. The predicted octanol–water partition coefficient (Wildman–Crippen LogP) is 3.86. The van der Waals surface area contributed by atoms with Crippen molar-refractivity contribution in [3.8, 4) is 0 Å². The van der Waals surface area contributed by atoms with Crippen LogP contribution >= 0.6 is 11.6 Å². The smallest absolute Gasteiger partial charge is 0.257 e. The maximum absolute atomic E-state index is 13.2. The van der Waals surface area contributed by atoms with Crippen LogP contribution in [-0.2, 0) is 4.79 Å². The molecule has 3 aromatic rings. The predicted molar refractivity (Wildman–Crippen MR) is 121 cm³/mol. The van der Waals surface area contributed by atoms with Crippen LogP contribution in [0.2, 0.25) is 5.02 Å². The molecule has 0 atom stereocenters. The van der Waals surface area contributed by atoms with E-state index >= 15 is 0 Å². The van der Waals surface area contributed by atoms with E-state index < -0.39 is 5.41 Å². The van der Waals surface area contributed by atoms with E-state index in [2.05, 4.69) is 25.7 Å². The Kier molecular flexibility index (Phi) is 4.93. The van der Waals surface area contributed by atoms with Crippen molar-refractivity contribution in [1.82, 2.24) is 24.9 Å². The lowest BCUT2D eigenvalue weighted by Gasteiger charge is -2.52. The van der Waals surface area contributed by atoms with Crippen LogP contribution in [-0.4, -0.2) is 36.9 Å². The van der Waals surface area contributed by atoms with Crippen molar-refractivity contribution >= 4 is 34.7 Å². The minimum absolute atomic E-state index is 0.00944. The van der Waals surface area contributed by atoms with E-state index in [1.807, 2.05) is 19.9 Å². The fourth-order valence-corrected chi connectivity index (χ4v) is 5.33. The fraction of sp³-hybridized carbons (Fsp3) is 0.435. The van der Waals surface area contributed by atoms with Gasteiger partial charge in [0, 0.05) is 28.5 Å². The molecular weight excluding hydrogens is 428 g/mol. The highest BCUT2D eigenvalue weighted by Gasteiger charge is 2.53. The maximum atomic E-state index is 13.2. The number of hydrogen-bond donors (Lipinski definition) is 2. The van der Waals surface area contributed by atoms with Crippen molar-refractivity contribution in [1.29, 1.82) is 0 Å². The van der Waals surface area contributed by atoms with Gasteiger partial charge in [0.25, 0.3) is 5.91 Å². The number of halogens is 1. The van der Waals surface area contributed by atoms with Gasteiger partial charge in [-0.3, -0.25) is 14.6 Å². The average Bonchev–Trinajstić information content (AvgIpc) is 3.21. The van der Waals surface area contributed by atoms with Crippen molar-refractivity contribution in [2.75, 3.05) is 5.32 Å².